The molecule has 2 heterocycles. The number of halogens is 1. The van der Waals surface area contributed by atoms with Gasteiger partial charge in [0.15, 0.2) is 0 Å². The summed E-state index contributed by atoms with van der Waals surface area (Å²) in [5, 5.41) is 11.7. The van der Waals surface area contributed by atoms with E-state index in [1.165, 1.54) is 16.7 Å². The average molecular weight is 517 g/mol. The maximum absolute atomic E-state index is 13.0. The van der Waals surface area contributed by atoms with Crippen LogP contribution >= 0.6 is 47.3 Å². The number of thioether (sulfide) groups is 2. The Morgan fingerprint density at radius 2 is 2.03 bits per heavy atom. The molecule has 1 N–H and O–H groups in total. The molecule has 9 heteroatoms. The van der Waals surface area contributed by atoms with E-state index < -0.39 is 5.97 Å². The molecule has 33 heavy (non-hydrogen) atoms. The Labute approximate surface area is 210 Å². The van der Waals surface area contributed by atoms with Gasteiger partial charge in [0, 0.05) is 47.3 Å². The predicted octanol–water partition coefficient (Wildman–Crippen LogP) is 6.19. The molecule has 0 radical (unpaired) electrons. The molecule has 1 aliphatic heterocycles. The second kappa shape index (κ2) is 10.3. The lowest BCUT2D eigenvalue weighted by Crippen LogP contribution is -2.29. The number of carboxylic acids is 1. The average Bonchev–Trinajstić information content (AvgIpc) is 3.20. The van der Waals surface area contributed by atoms with Gasteiger partial charge in [-0.15, -0.1) is 11.8 Å². The van der Waals surface area contributed by atoms with Crippen molar-refractivity contribution in [1.29, 1.82) is 0 Å². The molecule has 0 spiro atoms. The number of aryl methyl sites for hydroxylation is 1. The Balaban J connectivity index is 1.66. The molecule has 0 aliphatic carbocycles. The van der Waals surface area contributed by atoms with E-state index in [2.05, 4.69) is 16.7 Å². The van der Waals surface area contributed by atoms with Crippen LogP contribution in [0.5, 0.6) is 0 Å². The van der Waals surface area contributed by atoms with E-state index >= 15 is 0 Å². The van der Waals surface area contributed by atoms with E-state index in [9.17, 15) is 9.59 Å². The minimum absolute atomic E-state index is 0.00369. The van der Waals surface area contributed by atoms with Crippen LogP contribution in [0.1, 0.15) is 24.0 Å². The summed E-state index contributed by atoms with van der Waals surface area (Å²) in [4.78, 5) is 25.9. The van der Waals surface area contributed by atoms with Crippen molar-refractivity contribution in [2.45, 2.75) is 23.6 Å². The highest BCUT2D eigenvalue weighted by atomic mass is 35.5. The van der Waals surface area contributed by atoms with Crippen LogP contribution in [0.3, 0.4) is 0 Å². The molecule has 1 fully saturated rings. The van der Waals surface area contributed by atoms with Gasteiger partial charge in [0.25, 0.3) is 5.91 Å². The molecular weight excluding hydrogens is 496 g/mol. The highest BCUT2D eigenvalue weighted by Gasteiger charge is 2.32. The summed E-state index contributed by atoms with van der Waals surface area (Å²) < 4.78 is 2.61. The standard InChI is InChI=1S/C24H21ClN2O3S3/c1-26-19-9-3-2-8-17(19)18(23(26)32-14-15-6-4-7-16(25)12-15)13-20-22(30)27(24(31)33-20)11-5-10-21(28)29/h2-4,6-9,12-13H,5,10-11,14H2,1H3,(H,28,29). The van der Waals surface area contributed by atoms with Crippen LogP contribution in [-0.2, 0) is 22.4 Å². The van der Waals surface area contributed by atoms with Crippen LogP contribution < -0.4 is 0 Å². The number of aliphatic carboxylic acids is 1. The fourth-order valence-corrected chi connectivity index (χ4v) is 6.31. The fraction of sp³-hybridized carbons (Fsp3) is 0.208. The molecule has 1 amide bonds. The van der Waals surface area contributed by atoms with Gasteiger partial charge in [0.1, 0.15) is 4.32 Å². The molecule has 1 aromatic heterocycles. The Bertz CT molecular complexity index is 1290. The van der Waals surface area contributed by atoms with Crippen molar-refractivity contribution < 1.29 is 14.7 Å². The Morgan fingerprint density at radius 1 is 1.24 bits per heavy atom. The minimum atomic E-state index is -0.881. The number of nitrogens with zero attached hydrogens (tertiary/aromatic N) is 2. The smallest absolute Gasteiger partial charge is 0.303 e. The van der Waals surface area contributed by atoms with Crippen molar-refractivity contribution in [3.05, 3.63) is 69.6 Å². The first-order chi connectivity index (χ1) is 15.8. The normalized spacial score (nSPS) is 15.2. The van der Waals surface area contributed by atoms with E-state index in [0.717, 1.165) is 32.8 Å². The summed E-state index contributed by atoms with van der Waals surface area (Å²) in [6.45, 7) is 0.306. The Morgan fingerprint density at radius 3 is 2.79 bits per heavy atom. The van der Waals surface area contributed by atoms with E-state index in [4.69, 9.17) is 28.9 Å². The van der Waals surface area contributed by atoms with Crippen molar-refractivity contribution in [2.75, 3.05) is 6.54 Å². The number of carbonyl (C=O) groups excluding carboxylic acids is 1. The summed E-state index contributed by atoms with van der Waals surface area (Å²) in [5.74, 6) is -0.316. The zero-order valence-electron chi connectivity index (χ0n) is 17.8. The highest BCUT2D eigenvalue weighted by molar-refractivity contribution is 8.26. The maximum atomic E-state index is 13.0. The van der Waals surface area contributed by atoms with E-state index in [0.29, 0.717) is 27.2 Å². The second-order valence-corrected chi connectivity index (χ2v) is 10.6. The molecule has 3 aromatic rings. The van der Waals surface area contributed by atoms with Gasteiger partial charge < -0.3 is 9.67 Å². The molecule has 0 unspecified atom stereocenters. The number of fused-ring (bicyclic) bond motifs is 1. The molecule has 0 bridgehead atoms. The number of benzene rings is 2. The van der Waals surface area contributed by atoms with Crippen LogP contribution in [-0.4, -0.2) is 37.3 Å². The quantitative estimate of drug-likeness (QED) is 0.219. The molecule has 2 aromatic carbocycles. The molecule has 1 aliphatic rings. The van der Waals surface area contributed by atoms with Crippen LogP contribution in [0.15, 0.2) is 58.5 Å². The van der Waals surface area contributed by atoms with Gasteiger partial charge >= 0.3 is 5.97 Å². The van der Waals surface area contributed by atoms with E-state index in [-0.39, 0.29) is 12.3 Å². The summed E-state index contributed by atoms with van der Waals surface area (Å²) in [7, 11) is 2.02. The zero-order chi connectivity index (χ0) is 23.5. The van der Waals surface area contributed by atoms with Crippen LogP contribution in [0.2, 0.25) is 5.02 Å². The number of para-hydroxylation sites is 1. The van der Waals surface area contributed by atoms with Crippen molar-refractivity contribution >= 4 is 80.5 Å². The second-order valence-electron chi connectivity index (χ2n) is 7.54. The zero-order valence-corrected chi connectivity index (χ0v) is 21.0. The highest BCUT2D eigenvalue weighted by Crippen LogP contribution is 2.39. The third-order valence-electron chi connectivity index (χ3n) is 5.28. The number of carbonyl (C=O) groups is 2. The predicted molar refractivity (Wildman–Crippen MR) is 141 cm³/mol. The van der Waals surface area contributed by atoms with E-state index in [1.54, 1.807) is 11.8 Å². The lowest BCUT2D eigenvalue weighted by atomic mass is 10.1. The van der Waals surface area contributed by atoms with Crippen LogP contribution in [0.4, 0.5) is 0 Å². The SMILES string of the molecule is Cn1c(SCc2cccc(Cl)c2)c(C=C2SC(=S)N(CCCC(=O)O)C2=O)c2ccccc21. The van der Waals surface area contributed by atoms with Crippen molar-refractivity contribution in [1.82, 2.24) is 9.47 Å². The van der Waals surface area contributed by atoms with Crippen molar-refractivity contribution in [3.8, 4) is 0 Å². The van der Waals surface area contributed by atoms with Crippen molar-refractivity contribution in [3.63, 3.8) is 0 Å². The third kappa shape index (κ3) is 5.30. The van der Waals surface area contributed by atoms with Gasteiger partial charge in [0.2, 0.25) is 0 Å². The summed E-state index contributed by atoms with van der Waals surface area (Å²) in [6, 6.07) is 15.9. The van der Waals surface area contributed by atoms with Crippen LogP contribution in [0, 0.1) is 0 Å². The molecular formula is C24H21ClN2O3S3. The van der Waals surface area contributed by atoms with Gasteiger partial charge in [-0.1, -0.05) is 65.9 Å². The largest absolute Gasteiger partial charge is 0.481 e. The topological polar surface area (TPSA) is 62.5 Å². The molecule has 5 nitrogen and oxygen atoms in total. The van der Waals surface area contributed by atoms with Crippen LogP contribution in [0.25, 0.3) is 17.0 Å². The Kier molecular flexibility index (Phi) is 7.48. The fourth-order valence-electron chi connectivity index (χ4n) is 3.70. The van der Waals surface area contributed by atoms with Gasteiger partial charge in [-0.3, -0.25) is 14.5 Å². The summed E-state index contributed by atoms with van der Waals surface area (Å²) >= 11 is 14.5. The number of thiocarbonyl (C=S) groups is 1. The molecule has 1 saturated heterocycles. The molecule has 170 valence electrons. The van der Waals surface area contributed by atoms with Gasteiger partial charge in [-0.25, -0.2) is 0 Å². The monoisotopic (exact) mass is 516 g/mol. The number of hydrogen-bond acceptors (Lipinski definition) is 5. The first kappa shape index (κ1) is 23.9. The number of rotatable bonds is 8. The molecule has 4 rings (SSSR count). The Hall–Kier alpha value is -2.26. The number of aromatic nitrogens is 1. The van der Waals surface area contributed by atoms with E-state index in [1.807, 2.05) is 49.5 Å². The van der Waals surface area contributed by atoms with Gasteiger partial charge in [-0.05, 0) is 36.3 Å². The minimum Gasteiger partial charge on any atom is -0.481 e. The van der Waals surface area contributed by atoms with Crippen molar-refractivity contribution in [2.24, 2.45) is 7.05 Å². The number of amides is 1. The third-order valence-corrected chi connectivity index (χ3v) is 8.13. The lowest BCUT2D eigenvalue weighted by Gasteiger charge is -2.13. The summed E-state index contributed by atoms with van der Waals surface area (Å²) in [5.41, 5.74) is 3.17. The van der Waals surface area contributed by atoms with Gasteiger partial charge in [-0.2, -0.15) is 0 Å². The summed E-state index contributed by atoms with van der Waals surface area (Å²) in [6.07, 6.45) is 2.28. The first-order valence-electron chi connectivity index (χ1n) is 10.3. The number of hydrogen-bond donors (Lipinski definition) is 1. The lowest BCUT2D eigenvalue weighted by molar-refractivity contribution is -0.137. The number of carboxylic acid groups (broad SMARTS) is 1. The first-order valence-corrected chi connectivity index (χ1v) is 12.9. The maximum Gasteiger partial charge on any atom is 0.303 e. The molecule has 0 atom stereocenters. The molecule has 0 saturated carbocycles. The van der Waals surface area contributed by atoms with Gasteiger partial charge in [0.05, 0.1) is 9.93 Å².